The molecule has 0 spiro atoms. The fourth-order valence-electron chi connectivity index (χ4n) is 3.66. The zero-order valence-electron chi connectivity index (χ0n) is 17.7. The number of hydrogen-bond acceptors (Lipinski definition) is 12. The predicted octanol–water partition coefficient (Wildman–Crippen LogP) is -4.03. The average Bonchev–Trinajstić information content (AvgIpc) is 2.74. The molecule has 2 rings (SSSR count). The number of rotatable bonds is 11. The molecule has 13 heteroatoms. The van der Waals surface area contributed by atoms with E-state index >= 15 is 0 Å². The maximum atomic E-state index is 12.3. The Kier molecular flexibility index (Phi) is 9.36. The Morgan fingerprint density at radius 3 is 2.50 bits per heavy atom. The highest BCUT2D eigenvalue weighted by Crippen LogP contribution is 2.30. The van der Waals surface area contributed by atoms with Gasteiger partial charge in [-0.15, -0.1) is 0 Å². The third kappa shape index (κ3) is 6.36. The second-order valence-electron chi connectivity index (χ2n) is 8.05. The SMILES string of the molecule is COC1=C(N[C@@H](CCC(N)=O)CO[C@@H]2O[C@H](CO)[C@@H](O)[C@H](O)[C@H]2O)C[C@@](O)(CO)CC1=O. The van der Waals surface area contributed by atoms with Crippen LogP contribution in [-0.4, -0.2) is 112 Å². The maximum Gasteiger partial charge on any atom is 0.217 e. The van der Waals surface area contributed by atoms with Crippen molar-refractivity contribution >= 4 is 11.7 Å². The van der Waals surface area contributed by atoms with E-state index in [2.05, 4.69) is 5.32 Å². The van der Waals surface area contributed by atoms with Crippen LogP contribution in [0, 0.1) is 0 Å². The highest BCUT2D eigenvalue weighted by atomic mass is 16.7. The standard InChI is InChI=1S/C19H32N2O11/c1-30-17-10(4-19(29,8-23)5-11(17)24)21-9(2-3-13(20)25)7-31-18-16(28)15(27)14(26)12(6-22)32-18/h9,12,14-16,18,21-23,26-29H,2-8H2,1H3,(H2,20,25)/t9-,12+,14+,15-,16+,18+,19-/m0/s1. The number of aliphatic hydroxyl groups excluding tert-OH is 5. The minimum Gasteiger partial charge on any atom is -0.491 e. The molecular formula is C19H32N2O11. The minimum atomic E-state index is -1.69. The minimum absolute atomic E-state index is 0.0416. The van der Waals surface area contributed by atoms with Crippen molar-refractivity contribution in [3.63, 3.8) is 0 Å². The summed E-state index contributed by atoms with van der Waals surface area (Å²) in [5, 5.41) is 62.0. The first-order valence-electron chi connectivity index (χ1n) is 10.2. The van der Waals surface area contributed by atoms with E-state index in [-0.39, 0.29) is 43.7 Å². The summed E-state index contributed by atoms with van der Waals surface area (Å²) in [5.74, 6) is -1.17. The number of ketones is 1. The van der Waals surface area contributed by atoms with E-state index in [9.17, 15) is 40.2 Å². The van der Waals surface area contributed by atoms with Crippen LogP contribution in [0.1, 0.15) is 25.7 Å². The van der Waals surface area contributed by atoms with Crippen LogP contribution < -0.4 is 11.1 Å². The van der Waals surface area contributed by atoms with Crippen molar-refractivity contribution < 1.29 is 54.4 Å². The van der Waals surface area contributed by atoms with Gasteiger partial charge in [-0.05, 0) is 6.42 Å². The molecule has 1 aliphatic carbocycles. The lowest BCUT2D eigenvalue weighted by Crippen LogP contribution is -2.59. The van der Waals surface area contributed by atoms with Crippen LogP contribution in [0.3, 0.4) is 0 Å². The van der Waals surface area contributed by atoms with E-state index in [1.54, 1.807) is 0 Å². The van der Waals surface area contributed by atoms with E-state index in [0.29, 0.717) is 0 Å². The molecule has 7 atom stereocenters. The molecule has 2 aliphatic rings. The lowest BCUT2D eigenvalue weighted by atomic mass is 9.86. The molecule has 9 N–H and O–H groups in total. The molecule has 0 saturated carbocycles. The van der Waals surface area contributed by atoms with Crippen molar-refractivity contribution in [3.8, 4) is 0 Å². The highest BCUT2D eigenvalue weighted by molar-refractivity contribution is 5.95. The van der Waals surface area contributed by atoms with Crippen molar-refractivity contribution in [1.29, 1.82) is 0 Å². The van der Waals surface area contributed by atoms with Crippen LogP contribution in [-0.2, 0) is 23.8 Å². The summed E-state index contributed by atoms with van der Waals surface area (Å²) in [7, 11) is 1.28. The van der Waals surface area contributed by atoms with E-state index in [1.807, 2.05) is 0 Å². The molecule has 0 aromatic heterocycles. The van der Waals surface area contributed by atoms with Gasteiger partial charge >= 0.3 is 0 Å². The van der Waals surface area contributed by atoms with Crippen molar-refractivity contribution in [2.45, 2.75) is 68.0 Å². The van der Waals surface area contributed by atoms with Gasteiger partial charge in [0.05, 0.1) is 32.6 Å². The smallest absolute Gasteiger partial charge is 0.217 e. The Labute approximate surface area is 184 Å². The number of primary amides is 1. The number of ether oxygens (including phenoxy) is 3. The van der Waals surface area contributed by atoms with Crippen molar-refractivity contribution in [3.05, 3.63) is 11.5 Å². The highest BCUT2D eigenvalue weighted by Gasteiger charge is 2.44. The summed E-state index contributed by atoms with van der Waals surface area (Å²) < 4.78 is 16.0. The third-order valence-electron chi connectivity index (χ3n) is 5.45. The van der Waals surface area contributed by atoms with Crippen LogP contribution >= 0.6 is 0 Å². The van der Waals surface area contributed by atoms with Gasteiger partial charge in [0, 0.05) is 25.3 Å². The van der Waals surface area contributed by atoms with Crippen LogP contribution in [0.15, 0.2) is 11.5 Å². The molecule has 32 heavy (non-hydrogen) atoms. The number of aliphatic hydroxyl groups is 6. The molecule has 0 radical (unpaired) electrons. The summed E-state index contributed by atoms with van der Waals surface area (Å²) in [6, 6.07) is -0.691. The lowest BCUT2D eigenvalue weighted by molar-refractivity contribution is -0.302. The molecule has 0 unspecified atom stereocenters. The molecule has 0 bridgehead atoms. The first-order valence-corrected chi connectivity index (χ1v) is 10.2. The quantitative estimate of drug-likeness (QED) is 0.146. The molecule has 1 aliphatic heterocycles. The van der Waals surface area contributed by atoms with Gasteiger partial charge in [0.1, 0.15) is 30.0 Å². The molecule has 13 nitrogen and oxygen atoms in total. The zero-order chi connectivity index (χ0) is 24.1. The summed E-state index contributed by atoms with van der Waals surface area (Å²) in [6.07, 6.45) is -7.75. The Hall–Kier alpha value is -1.84. The monoisotopic (exact) mass is 464 g/mol. The largest absolute Gasteiger partial charge is 0.491 e. The van der Waals surface area contributed by atoms with Crippen LogP contribution in [0.25, 0.3) is 0 Å². The normalized spacial score (nSPS) is 34.3. The topological polar surface area (TPSA) is 221 Å². The molecule has 1 fully saturated rings. The summed E-state index contributed by atoms with van der Waals surface area (Å²) in [4.78, 5) is 23.6. The lowest BCUT2D eigenvalue weighted by Gasteiger charge is -2.40. The molecule has 0 aromatic rings. The Balaban J connectivity index is 2.15. The predicted molar refractivity (Wildman–Crippen MR) is 105 cm³/mol. The first-order chi connectivity index (χ1) is 15.0. The Bertz CT molecular complexity index is 701. The second kappa shape index (κ2) is 11.3. The van der Waals surface area contributed by atoms with Crippen molar-refractivity contribution in [2.24, 2.45) is 5.73 Å². The average molecular weight is 464 g/mol. The number of nitrogens with two attached hydrogens (primary N) is 1. The number of carbonyl (C=O) groups is 2. The van der Waals surface area contributed by atoms with Crippen LogP contribution in [0.5, 0.6) is 0 Å². The van der Waals surface area contributed by atoms with E-state index in [0.717, 1.165) is 0 Å². The maximum absolute atomic E-state index is 12.3. The fraction of sp³-hybridized carbons (Fsp3) is 0.789. The third-order valence-corrected chi connectivity index (χ3v) is 5.45. The van der Waals surface area contributed by atoms with Crippen LogP contribution in [0.4, 0.5) is 0 Å². The van der Waals surface area contributed by atoms with Gasteiger partial charge in [-0.25, -0.2) is 0 Å². The molecular weight excluding hydrogens is 432 g/mol. The molecule has 0 aromatic carbocycles. The summed E-state index contributed by atoms with van der Waals surface area (Å²) in [6.45, 7) is -1.50. The number of amides is 1. The number of hydrogen-bond donors (Lipinski definition) is 8. The van der Waals surface area contributed by atoms with Gasteiger partial charge in [-0.3, -0.25) is 9.59 Å². The molecule has 1 amide bonds. The van der Waals surface area contributed by atoms with E-state index in [1.165, 1.54) is 7.11 Å². The Morgan fingerprint density at radius 2 is 1.94 bits per heavy atom. The van der Waals surface area contributed by atoms with Gasteiger partial charge in [-0.2, -0.15) is 0 Å². The van der Waals surface area contributed by atoms with E-state index < -0.39 is 67.3 Å². The first kappa shape index (κ1) is 26.4. The van der Waals surface area contributed by atoms with Gasteiger partial charge in [-0.1, -0.05) is 0 Å². The second-order valence-corrected chi connectivity index (χ2v) is 8.05. The van der Waals surface area contributed by atoms with Gasteiger partial charge in [0.2, 0.25) is 11.7 Å². The number of allylic oxidation sites excluding steroid dienone is 1. The molecule has 1 heterocycles. The number of nitrogens with one attached hydrogen (secondary N) is 1. The van der Waals surface area contributed by atoms with Gasteiger partial charge in [0.15, 0.2) is 12.0 Å². The molecule has 1 saturated heterocycles. The van der Waals surface area contributed by atoms with Crippen LogP contribution in [0.2, 0.25) is 0 Å². The number of Topliss-reactive ketones (excluding diaryl/α,β-unsaturated/α-hetero) is 1. The summed E-state index contributed by atoms with van der Waals surface area (Å²) in [5.41, 5.74) is 3.72. The fourth-order valence-corrected chi connectivity index (χ4v) is 3.66. The van der Waals surface area contributed by atoms with E-state index in [4.69, 9.17) is 19.9 Å². The van der Waals surface area contributed by atoms with Gasteiger partial charge in [0.25, 0.3) is 0 Å². The molecule has 184 valence electrons. The van der Waals surface area contributed by atoms with Crippen molar-refractivity contribution in [2.75, 3.05) is 26.9 Å². The summed E-state index contributed by atoms with van der Waals surface area (Å²) >= 11 is 0. The number of methoxy groups -OCH3 is 1. The Morgan fingerprint density at radius 1 is 1.25 bits per heavy atom. The van der Waals surface area contributed by atoms with Crippen molar-refractivity contribution in [1.82, 2.24) is 5.32 Å². The van der Waals surface area contributed by atoms with Gasteiger partial charge < -0.3 is 55.9 Å². The number of carbonyl (C=O) groups excluding carboxylic acids is 2. The zero-order valence-corrected chi connectivity index (χ0v) is 17.7.